The summed E-state index contributed by atoms with van der Waals surface area (Å²) in [6.45, 7) is -2.36. The van der Waals surface area contributed by atoms with Gasteiger partial charge in [-0.3, -0.25) is 4.72 Å². The van der Waals surface area contributed by atoms with Gasteiger partial charge in [-0.15, -0.1) is 0 Å². The Balaban J connectivity index is 1.91. The monoisotopic (exact) mass is 613 g/mol. The fraction of sp³-hybridized carbons (Fsp3) is 0.273. The third-order valence-electron chi connectivity index (χ3n) is 5.80. The number of halogens is 7. The number of hydrogen-bond acceptors (Lipinski definition) is 7. The number of nitrogens with zero attached hydrogens (tertiary/aromatic N) is 4. The summed E-state index contributed by atoms with van der Waals surface area (Å²) in [5.41, 5.74) is -5.79. The van der Waals surface area contributed by atoms with E-state index in [9.17, 15) is 47.6 Å². The van der Waals surface area contributed by atoms with Crippen LogP contribution in [0.4, 0.5) is 42.2 Å². The molecule has 0 aliphatic carbocycles. The largest absolute Gasteiger partial charge is 0.511 e. The first-order chi connectivity index (χ1) is 18.6. The second-order valence-corrected chi connectivity index (χ2v) is 11.1. The summed E-state index contributed by atoms with van der Waals surface area (Å²) >= 11 is 0. The highest BCUT2D eigenvalue weighted by molar-refractivity contribution is 7.90. The van der Waals surface area contributed by atoms with E-state index in [-0.39, 0.29) is 32.4 Å². The molecular weight excluding hydrogens is 595 g/mol. The lowest BCUT2D eigenvalue weighted by Gasteiger charge is -2.36. The van der Waals surface area contributed by atoms with Crippen molar-refractivity contribution in [3.63, 3.8) is 0 Å². The predicted molar refractivity (Wildman–Crippen MR) is 131 cm³/mol. The summed E-state index contributed by atoms with van der Waals surface area (Å²) < 4.78 is 143. The van der Waals surface area contributed by atoms with E-state index in [4.69, 9.17) is 0 Å². The molecule has 1 aromatic heterocycles. The summed E-state index contributed by atoms with van der Waals surface area (Å²) in [6.07, 6.45) is -5.08. The van der Waals surface area contributed by atoms with Gasteiger partial charge in [-0.1, -0.05) is 12.1 Å². The molecule has 9 nitrogen and oxygen atoms in total. The molecule has 0 radical (unpaired) electrons. The van der Waals surface area contributed by atoms with Crippen molar-refractivity contribution in [1.82, 2.24) is 14.3 Å². The Kier molecular flexibility index (Phi) is 7.97. The zero-order valence-electron chi connectivity index (χ0n) is 19.9. The molecule has 4 rings (SSSR count). The lowest BCUT2D eigenvalue weighted by Crippen LogP contribution is -2.52. The molecule has 1 fully saturated rings. The molecule has 1 N–H and O–H groups in total. The summed E-state index contributed by atoms with van der Waals surface area (Å²) in [4.78, 5) is 8.51. The molecule has 1 aliphatic heterocycles. The molecule has 216 valence electrons. The van der Waals surface area contributed by atoms with Crippen molar-refractivity contribution < 1.29 is 47.6 Å². The minimum absolute atomic E-state index is 0.0251. The van der Waals surface area contributed by atoms with Crippen molar-refractivity contribution in [3.8, 4) is 22.4 Å². The van der Waals surface area contributed by atoms with Crippen molar-refractivity contribution in [1.29, 1.82) is 0 Å². The Labute approximate surface area is 224 Å². The zero-order chi connectivity index (χ0) is 29.5. The number of piperazine rings is 1. The lowest BCUT2D eigenvalue weighted by atomic mass is 9.98. The van der Waals surface area contributed by atoms with E-state index in [0.717, 1.165) is 24.3 Å². The van der Waals surface area contributed by atoms with Gasteiger partial charge in [0.15, 0.2) is 0 Å². The van der Waals surface area contributed by atoms with Crippen molar-refractivity contribution in [2.24, 2.45) is 0 Å². The maximum Gasteiger partial charge on any atom is 0.511 e. The number of thiol groups is 1. The molecule has 0 spiro atoms. The molecule has 0 unspecified atom stereocenters. The fourth-order valence-corrected chi connectivity index (χ4v) is 5.31. The second-order valence-electron chi connectivity index (χ2n) is 8.39. The summed E-state index contributed by atoms with van der Waals surface area (Å²) in [5, 5.41) is 0. The molecular formula is C22H18F7N5O4S2. The Hall–Kier alpha value is -3.51. The molecule has 0 amide bonds. The molecule has 2 heterocycles. The van der Waals surface area contributed by atoms with Gasteiger partial charge in [0.2, 0.25) is 16.7 Å². The van der Waals surface area contributed by atoms with Gasteiger partial charge in [-0.2, -0.15) is 30.6 Å². The van der Waals surface area contributed by atoms with E-state index in [1.807, 2.05) is 0 Å². The first kappa shape index (κ1) is 29.5. The van der Waals surface area contributed by atoms with Gasteiger partial charge in [-0.05, 0) is 42.0 Å². The van der Waals surface area contributed by atoms with Gasteiger partial charge in [0.1, 0.15) is 11.6 Å². The van der Waals surface area contributed by atoms with E-state index in [0.29, 0.717) is 0 Å². The van der Waals surface area contributed by atoms with Crippen molar-refractivity contribution in [2.75, 3.05) is 35.8 Å². The fourth-order valence-electron chi connectivity index (χ4n) is 4.02. The topological polar surface area (TPSA) is 113 Å². The van der Waals surface area contributed by atoms with E-state index < -0.39 is 76.2 Å². The summed E-state index contributed by atoms with van der Waals surface area (Å²) in [7, 11) is -8.79. The van der Waals surface area contributed by atoms with Gasteiger partial charge in [0.25, 0.3) is 0 Å². The van der Waals surface area contributed by atoms with Gasteiger partial charge in [0.05, 0.1) is 11.3 Å². The summed E-state index contributed by atoms with van der Waals surface area (Å²) in [6, 6.07) is 9.72. The molecule has 40 heavy (non-hydrogen) atoms. The SMILES string of the molecule is O=[SH](=O)Nc1cccc(-c2c(-c3ccc(F)cc3)nc(C(F)(F)F)nc2N2CCN(S(=O)(=O)C(F)(F)F)CC2)c1. The van der Waals surface area contributed by atoms with Crippen LogP contribution in [0.25, 0.3) is 22.4 Å². The van der Waals surface area contributed by atoms with Crippen molar-refractivity contribution >= 4 is 32.4 Å². The molecule has 1 saturated heterocycles. The highest BCUT2D eigenvalue weighted by Crippen LogP contribution is 2.41. The Morgan fingerprint density at radius 3 is 2.02 bits per heavy atom. The Bertz CT molecular complexity index is 1580. The normalized spacial score (nSPS) is 15.4. The van der Waals surface area contributed by atoms with Crippen LogP contribution in [-0.4, -0.2) is 62.8 Å². The van der Waals surface area contributed by atoms with E-state index in [2.05, 4.69) is 14.7 Å². The standard InChI is InChI=1S/C22H18F7N5O4S2/c23-15-6-4-13(5-7-15)18-17(14-2-1-3-16(12-14)32-39(35)36)19(31-20(30-18)21(24,25)26)33-8-10-34(11-9-33)40(37,38)22(27,28)29/h1-7,12,39H,8-11H2,(H,32,35,36). The highest BCUT2D eigenvalue weighted by atomic mass is 32.2. The molecule has 3 aromatic rings. The average molecular weight is 614 g/mol. The smallest absolute Gasteiger partial charge is 0.353 e. The predicted octanol–water partition coefficient (Wildman–Crippen LogP) is 3.88. The maximum absolute atomic E-state index is 13.9. The van der Waals surface area contributed by atoms with Crippen molar-refractivity contribution in [3.05, 3.63) is 60.2 Å². The lowest BCUT2D eigenvalue weighted by molar-refractivity contribution is -0.144. The van der Waals surface area contributed by atoms with Crippen LogP contribution in [0.2, 0.25) is 0 Å². The van der Waals surface area contributed by atoms with Crippen LogP contribution >= 0.6 is 0 Å². The summed E-state index contributed by atoms with van der Waals surface area (Å²) in [5.74, 6) is -2.69. The van der Waals surface area contributed by atoms with Gasteiger partial charge >= 0.3 is 21.7 Å². The Morgan fingerprint density at radius 1 is 0.850 bits per heavy atom. The third kappa shape index (κ3) is 6.12. The minimum atomic E-state index is -5.68. The van der Waals surface area contributed by atoms with Crippen LogP contribution in [0.1, 0.15) is 5.82 Å². The number of benzene rings is 2. The molecule has 0 saturated carbocycles. The van der Waals surface area contributed by atoms with Crippen LogP contribution in [0, 0.1) is 5.82 Å². The number of anilines is 2. The number of sulfonamides is 1. The van der Waals surface area contributed by atoms with Crippen molar-refractivity contribution in [2.45, 2.75) is 11.7 Å². The molecule has 0 atom stereocenters. The van der Waals surface area contributed by atoms with Crippen LogP contribution < -0.4 is 9.62 Å². The number of nitrogens with one attached hydrogen (secondary N) is 1. The van der Waals surface area contributed by atoms with Crippen LogP contribution in [0.5, 0.6) is 0 Å². The number of aromatic nitrogens is 2. The molecule has 1 aliphatic rings. The van der Waals surface area contributed by atoms with Gasteiger partial charge in [-0.25, -0.2) is 31.2 Å². The van der Waals surface area contributed by atoms with Gasteiger partial charge in [0, 0.05) is 37.4 Å². The van der Waals surface area contributed by atoms with Gasteiger partial charge < -0.3 is 4.90 Å². The molecule has 2 aromatic carbocycles. The average Bonchev–Trinajstić information content (AvgIpc) is 2.87. The highest BCUT2D eigenvalue weighted by Gasteiger charge is 2.50. The van der Waals surface area contributed by atoms with Crippen LogP contribution in [-0.2, 0) is 27.1 Å². The van der Waals surface area contributed by atoms with E-state index in [1.165, 1.54) is 29.2 Å². The number of rotatable bonds is 6. The maximum atomic E-state index is 13.9. The van der Waals surface area contributed by atoms with Crippen LogP contribution in [0.3, 0.4) is 0 Å². The first-order valence-corrected chi connectivity index (χ1v) is 13.8. The van der Waals surface area contributed by atoms with E-state index in [1.54, 1.807) is 0 Å². The first-order valence-electron chi connectivity index (χ1n) is 11.2. The molecule has 0 bridgehead atoms. The minimum Gasteiger partial charge on any atom is -0.353 e. The van der Waals surface area contributed by atoms with Crippen LogP contribution in [0.15, 0.2) is 48.5 Å². The second kappa shape index (κ2) is 10.8. The number of hydrogen-bond donors (Lipinski definition) is 2. The quantitative estimate of drug-likeness (QED) is 0.321. The Morgan fingerprint density at radius 2 is 1.48 bits per heavy atom. The zero-order valence-corrected chi connectivity index (χ0v) is 21.6. The molecule has 18 heteroatoms. The third-order valence-corrected chi connectivity index (χ3v) is 7.87. The van der Waals surface area contributed by atoms with E-state index >= 15 is 0 Å². The number of alkyl halides is 6.